The summed E-state index contributed by atoms with van der Waals surface area (Å²) in [7, 11) is 0. The Morgan fingerprint density at radius 2 is 1.89 bits per heavy atom. The van der Waals surface area contributed by atoms with E-state index < -0.39 is 0 Å². The quantitative estimate of drug-likeness (QED) is 0.794. The van der Waals surface area contributed by atoms with Crippen LogP contribution in [-0.2, 0) is 0 Å². The number of hydrogen-bond acceptors (Lipinski definition) is 5. The molecule has 0 fully saturated rings. The van der Waals surface area contributed by atoms with Crippen LogP contribution in [0.25, 0.3) is 10.8 Å². The first kappa shape index (κ1) is 12.5. The summed E-state index contributed by atoms with van der Waals surface area (Å²) >= 11 is 4.71. The van der Waals surface area contributed by atoms with Gasteiger partial charge in [-0.05, 0) is 33.6 Å². The third-order valence-corrected chi connectivity index (χ3v) is 4.10. The summed E-state index contributed by atoms with van der Waals surface area (Å²) in [6.45, 7) is 0. The highest BCUT2D eigenvalue weighted by Gasteiger charge is 2.16. The largest absolute Gasteiger partial charge is 0.447 e. The van der Waals surface area contributed by atoms with Crippen LogP contribution in [0.1, 0.15) is 16.6 Å². The zero-order valence-corrected chi connectivity index (χ0v) is 12.2. The summed E-state index contributed by atoms with van der Waals surface area (Å²) in [6, 6.07) is 13.3. The summed E-state index contributed by atoms with van der Waals surface area (Å²) in [5.41, 5.74) is 7.20. The standard InChI is InChI=1S/C13H10BrN3OS/c14-10-7-6-9(18-10)12-16-17-13(19-12)11(15)8-4-2-1-3-5-8/h1-7,11H,15H2. The van der Waals surface area contributed by atoms with Gasteiger partial charge >= 0.3 is 0 Å². The van der Waals surface area contributed by atoms with Gasteiger partial charge in [-0.15, -0.1) is 10.2 Å². The van der Waals surface area contributed by atoms with E-state index >= 15 is 0 Å². The smallest absolute Gasteiger partial charge is 0.183 e. The van der Waals surface area contributed by atoms with E-state index in [0.29, 0.717) is 10.4 Å². The van der Waals surface area contributed by atoms with E-state index in [0.717, 1.165) is 15.6 Å². The molecule has 4 nitrogen and oxygen atoms in total. The van der Waals surface area contributed by atoms with E-state index in [1.54, 1.807) is 0 Å². The van der Waals surface area contributed by atoms with Crippen LogP contribution in [0.4, 0.5) is 0 Å². The predicted molar refractivity (Wildman–Crippen MR) is 77.8 cm³/mol. The highest BCUT2D eigenvalue weighted by Crippen LogP contribution is 2.30. The molecule has 1 aromatic carbocycles. The second-order valence-corrected chi connectivity index (χ2v) is 5.73. The zero-order valence-electron chi connectivity index (χ0n) is 9.79. The molecule has 0 aliphatic heterocycles. The topological polar surface area (TPSA) is 64.9 Å². The fraction of sp³-hybridized carbons (Fsp3) is 0.0769. The van der Waals surface area contributed by atoms with Gasteiger partial charge in [0.15, 0.2) is 15.4 Å². The SMILES string of the molecule is NC(c1ccccc1)c1nnc(-c2ccc(Br)o2)s1. The minimum atomic E-state index is -0.258. The molecule has 0 bridgehead atoms. The molecule has 2 N–H and O–H groups in total. The number of nitrogens with zero attached hydrogens (tertiary/aromatic N) is 2. The number of aromatic nitrogens is 2. The molecule has 0 amide bonds. The summed E-state index contributed by atoms with van der Waals surface area (Å²) < 4.78 is 6.12. The van der Waals surface area contributed by atoms with Crippen molar-refractivity contribution in [3.8, 4) is 10.8 Å². The Morgan fingerprint density at radius 1 is 1.11 bits per heavy atom. The van der Waals surface area contributed by atoms with Crippen molar-refractivity contribution >= 4 is 27.3 Å². The summed E-state index contributed by atoms with van der Waals surface area (Å²) in [6.07, 6.45) is 0. The van der Waals surface area contributed by atoms with E-state index in [-0.39, 0.29) is 6.04 Å². The monoisotopic (exact) mass is 335 g/mol. The second kappa shape index (κ2) is 5.24. The summed E-state index contributed by atoms with van der Waals surface area (Å²) in [5.74, 6) is 0.691. The molecule has 3 rings (SSSR count). The Labute approximate surface area is 122 Å². The van der Waals surface area contributed by atoms with Gasteiger partial charge in [-0.25, -0.2) is 0 Å². The third-order valence-electron chi connectivity index (χ3n) is 2.65. The van der Waals surface area contributed by atoms with Gasteiger partial charge < -0.3 is 10.2 Å². The fourth-order valence-electron chi connectivity index (χ4n) is 1.69. The first-order valence-electron chi connectivity index (χ1n) is 5.63. The molecular weight excluding hydrogens is 326 g/mol. The van der Waals surface area contributed by atoms with Crippen molar-refractivity contribution in [1.29, 1.82) is 0 Å². The number of rotatable bonds is 3. The average molecular weight is 336 g/mol. The van der Waals surface area contributed by atoms with Crippen molar-refractivity contribution in [2.75, 3.05) is 0 Å². The minimum absolute atomic E-state index is 0.258. The maximum absolute atomic E-state index is 6.18. The Balaban J connectivity index is 1.89. The van der Waals surface area contributed by atoms with Gasteiger partial charge in [0.2, 0.25) is 0 Å². The molecule has 0 saturated heterocycles. The number of benzene rings is 1. The van der Waals surface area contributed by atoms with Crippen LogP contribution in [0, 0.1) is 0 Å². The van der Waals surface area contributed by atoms with Gasteiger partial charge in [-0.2, -0.15) is 0 Å². The lowest BCUT2D eigenvalue weighted by atomic mass is 10.1. The lowest BCUT2D eigenvalue weighted by Gasteiger charge is -2.06. The molecule has 2 heterocycles. The van der Waals surface area contributed by atoms with E-state index in [1.165, 1.54) is 11.3 Å². The molecule has 0 aliphatic carbocycles. The highest BCUT2D eigenvalue weighted by atomic mass is 79.9. The summed E-state index contributed by atoms with van der Waals surface area (Å²) in [5, 5.41) is 9.77. The van der Waals surface area contributed by atoms with E-state index in [4.69, 9.17) is 10.2 Å². The van der Waals surface area contributed by atoms with Crippen molar-refractivity contribution in [2.45, 2.75) is 6.04 Å². The molecule has 2 aromatic heterocycles. The molecule has 19 heavy (non-hydrogen) atoms. The minimum Gasteiger partial charge on any atom is -0.447 e. The molecule has 0 saturated carbocycles. The number of halogens is 1. The predicted octanol–water partition coefficient (Wildman–Crippen LogP) is 3.61. The molecule has 0 radical (unpaired) electrons. The van der Waals surface area contributed by atoms with Crippen molar-refractivity contribution < 1.29 is 4.42 Å². The van der Waals surface area contributed by atoms with Crippen molar-refractivity contribution in [3.05, 3.63) is 57.7 Å². The number of nitrogens with two attached hydrogens (primary N) is 1. The highest BCUT2D eigenvalue weighted by molar-refractivity contribution is 9.10. The Morgan fingerprint density at radius 3 is 2.58 bits per heavy atom. The molecule has 0 spiro atoms. The second-order valence-electron chi connectivity index (χ2n) is 3.94. The molecule has 96 valence electrons. The normalized spacial score (nSPS) is 12.5. The van der Waals surface area contributed by atoms with Gasteiger partial charge in [-0.1, -0.05) is 41.7 Å². The Kier molecular flexibility index (Phi) is 3.46. The Bertz CT molecular complexity index is 680. The number of furan rings is 1. The van der Waals surface area contributed by atoms with Crippen molar-refractivity contribution in [1.82, 2.24) is 10.2 Å². The van der Waals surface area contributed by atoms with E-state index in [9.17, 15) is 0 Å². The van der Waals surface area contributed by atoms with Crippen molar-refractivity contribution in [3.63, 3.8) is 0 Å². The van der Waals surface area contributed by atoms with Crippen LogP contribution in [0.2, 0.25) is 0 Å². The lowest BCUT2D eigenvalue weighted by Crippen LogP contribution is -2.11. The lowest BCUT2D eigenvalue weighted by molar-refractivity contribution is 0.554. The van der Waals surface area contributed by atoms with Gasteiger partial charge in [-0.3, -0.25) is 0 Å². The van der Waals surface area contributed by atoms with Gasteiger partial charge in [0.05, 0.1) is 6.04 Å². The van der Waals surface area contributed by atoms with Crippen LogP contribution in [0.3, 0.4) is 0 Å². The maximum Gasteiger partial charge on any atom is 0.183 e. The van der Waals surface area contributed by atoms with Crippen molar-refractivity contribution in [2.24, 2.45) is 5.73 Å². The number of hydrogen-bond donors (Lipinski definition) is 1. The Hall–Kier alpha value is -1.50. The average Bonchev–Trinajstić information content (AvgIpc) is 3.07. The third kappa shape index (κ3) is 2.60. The molecule has 1 unspecified atom stereocenters. The van der Waals surface area contributed by atoms with E-state index in [1.807, 2.05) is 42.5 Å². The van der Waals surface area contributed by atoms with Crippen LogP contribution < -0.4 is 5.73 Å². The van der Waals surface area contributed by atoms with Gasteiger partial charge in [0.1, 0.15) is 5.01 Å². The van der Waals surface area contributed by atoms with Crippen LogP contribution >= 0.6 is 27.3 Å². The molecule has 1 atom stereocenters. The fourth-order valence-corrected chi connectivity index (χ4v) is 2.83. The molecule has 6 heteroatoms. The van der Waals surface area contributed by atoms with Crippen LogP contribution in [0.5, 0.6) is 0 Å². The van der Waals surface area contributed by atoms with Gasteiger partial charge in [0.25, 0.3) is 0 Å². The maximum atomic E-state index is 6.18. The van der Waals surface area contributed by atoms with Gasteiger partial charge in [0, 0.05) is 0 Å². The van der Waals surface area contributed by atoms with E-state index in [2.05, 4.69) is 26.1 Å². The first-order valence-corrected chi connectivity index (χ1v) is 7.24. The van der Waals surface area contributed by atoms with Crippen LogP contribution in [-0.4, -0.2) is 10.2 Å². The first-order chi connectivity index (χ1) is 9.24. The molecule has 3 aromatic rings. The molecular formula is C13H10BrN3OS. The summed E-state index contributed by atoms with van der Waals surface area (Å²) in [4.78, 5) is 0. The molecule has 0 aliphatic rings. The van der Waals surface area contributed by atoms with Crippen LogP contribution in [0.15, 0.2) is 51.6 Å². The zero-order chi connectivity index (χ0) is 13.2.